The van der Waals surface area contributed by atoms with Crippen molar-refractivity contribution in [3.63, 3.8) is 0 Å². The molecule has 1 aliphatic rings. The van der Waals surface area contributed by atoms with E-state index in [2.05, 4.69) is 26.8 Å². The quantitative estimate of drug-likeness (QED) is 0.571. The Labute approximate surface area is 152 Å². The molecule has 0 saturated carbocycles. The predicted octanol–water partition coefficient (Wildman–Crippen LogP) is 1.44. The number of carbonyl (C=O) groups is 1. The van der Waals surface area contributed by atoms with Crippen LogP contribution in [-0.4, -0.2) is 60.2 Å². The molecule has 1 saturated heterocycles. The first-order valence-corrected chi connectivity index (χ1v) is 8.58. The summed E-state index contributed by atoms with van der Waals surface area (Å²) in [6, 6.07) is 3.49. The molecular formula is C18H23N5O3. The van der Waals surface area contributed by atoms with E-state index in [0.717, 1.165) is 39.3 Å². The molecule has 2 heterocycles. The van der Waals surface area contributed by atoms with Gasteiger partial charge in [0, 0.05) is 31.1 Å². The number of rotatable bonds is 7. The maximum atomic E-state index is 11.7. The number of aromatic nitrogens is 2. The van der Waals surface area contributed by atoms with Gasteiger partial charge in [0.1, 0.15) is 17.9 Å². The van der Waals surface area contributed by atoms with Crippen molar-refractivity contribution in [2.45, 2.75) is 6.42 Å². The maximum Gasteiger partial charge on any atom is 0.247 e. The first-order chi connectivity index (χ1) is 12.7. The SMILES string of the molecule is C=CC(=O)Nc1cc2c(N)ncnc2cc1OCCCN1CCOCC1. The molecule has 0 radical (unpaired) electrons. The van der Waals surface area contributed by atoms with Crippen molar-refractivity contribution in [2.75, 3.05) is 50.5 Å². The summed E-state index contributed by atoms with van der Waals surface area (Å²) in [5, 5.41) is 3.41. The Bertz CT molecular complexity index is 790. The molecule has 0 aliphatic carbocycles. The van der Waals surface area contributed by atoms with E-state index < -0.39 is 0 Å². The average Bonchev–Trinajstić information content (AvgIpc) is 2.67. The molecule has 0 bridgehead atoms. The number of nitrogens with one attached hydrogen (secondary N) is 1. The molecule has 8 heteroatoms. The second kappa shape index (κ2) is 8.59. The Hall–Kier alpha value is -2.71. The molecule has 1 aliphatic heterocycles. The van der Waals surface area contributed by atoms with Crippen LogP contribution in [0, 0.1) is 0 Å². The zero-order valence-electron chi connectivity index (χ0n) is 14.6. The van der Waals surface area contributed by atoms with E-state index in [0.29, 0.717) is 34.8 Å². The first-order valence-electron chi connectivity index (χ1n) is 8.58. The van der Waals surface area contributed by atoms with Gasteiger partial charge in [0.15, 0.2) is 0 Å². The number of amides is 1. The van der Waals surface area contributed by atoms with Crippen LogP contribution in [0.5, 0.6) is 5.75 Å². The minimum absolute atomic E-state index is 0.321. The predicted molar refractivity (Wildman–Crippen MR) is 100 cm³/mol. The van der Waals surface area contributed by atoms with Crippen LogP contribution >= 0.6 is 0 Å². The van der Waals surface area contributed by atoms with Gasteiger partial charge in [0.05, 0.1) is 31.0 Å². The number of nitrogens with two attached hydrogens (primary N) is 1. The van der Waals surface area contributed by atoms with E-state index in [9.17, 15) is 4.79 Å². The van der Waals surface area contributed by atoms with Gasteiger partial charge in [-0.2, -0.15) is 0 Å². The summed E-state index contributed by atoms with van der Waals surface area (Å²) in [5.74, 6) is 0.577. The van der Waals surface area contributed by atoms with Crippen LogP contribution in [0.25, 0.3) is 10.9 Å². The topological polar surface area (TPSA) is 103 Å². The molecule has 26 heavy (non-hydrogen) atoms. The second-order valence-corrected chi connectivity index (χ2v) is 5.97. The van der Waals surface area contributed by atoms with Gasteiger partial charge in [0.25, 0.3) is 0 Å². The van der Waals surface area contributed by atoms with Crippen LogP contribution in [0.15, 0.2) is 31.1 Å². The van der Waals surface area contributed by atoms with Crippen molar-refractivity contribution < 1.29 is 14.3 Å². The molecule has 0 atom stereocenters. The van der Waals surface area contributed by atoms with Crippen molar-refractivity contribution >= 4 is 28.3 Å². The number of benzene rings is 1. The molecule has 1 aromatic heterocycles. The maximum absolute atomic E-state index is 11.7. The van der Waals surface area contributed by atoms with E-state index in [1.807, 2.05) is 0 Å². The highest BCUT2D eigenvalue weighted by atomic mass is 16.5. The van der Waals surface area contributed by atoms with E-state index in [1.165, 1.54) is 12.4 Å². The Morgan fingerprint density at radius 2 is 2.19 bits per heavy atom. The highest BCUT2D eigenvalue weighted by Crippen LogP contribution is 2.31. The number of anilines is 2. The number of carbonyl (C=O) groups excluding carboxylic acids is 1. The third kappa shape index (κ3) is 4.47. The normalized spacial score (nSPS) is 14.9. The summed E-state index contributed by atoms with van der Waals surface area (Å²) in [6.07, 6.45) is 3.48. The van der Waals surface area contributed by atoms with Crippen LogP contribution in [0.1, 0.15) is 6.42 Å². The fourth-order valence-electron chi connectivity index (χ4n) is 2.80. The summed E-state index contributed by atoms with van der Waals surface area (Å²) in [5.41, 5.74) is 7.09. The summed E-state index contributed by atoms with van der Waals surface area (Å²) >= 11 is 0. The van der Waals surface area contributed by atoms with Crippen LogP contribution in [0.3, 0.4) is 0 Å². The number of morpholine rings is 1. The number of nitrogens with zero attached hydrogens (tertiary/aromatic N) is 3. The number of ether oxygens (including phenoxy) is 2. The minimum Gasteiger partial charge on any atom is -0.491 e. The highest BCUT2D eigenvalue weighted by Gasteiger charge is 2.13. The lowest BCUT2D eigenvalue weighted by atomic mass is 10.2. The van der Waals surface area contributed by atoms with Crippen LogP contribution < -0.4 is 15.8 Å². The first kappa shape index (κ1) is 18.1. The van der Waals surface area contributed by atoms with Gasteiger partial charge >= 0.3 is 0 Å². The van der Waals surface area contributed by atoms with E-state index in [-0.39, 0.29) is 5.91 Å². The zero-order valence-corrected chi connectivity index (χ0v) is 14.6. The van der Waals surface area contributed by atoms with E-state index in [1.54, 1.807) is 12.1 Å². The van der Waals surface area contributed by atoms with Crippen LogP contribution in [0.2, 0.25) is 0 Å². The summed E-state index contributed by atoms with van der Waals surface area (Å²) in [6.45, 7) is 8.42. The summed E-state index contributed by atoms with van der Waals surface area (Å²) in [4.78, 5) is 22.3. The van der Waals surface area contributed by atoms with Crippen LogP contribution in [-0.2, 0) is 9.53 Å². The summed E-state index contributed by atoms with van der Waals surface area (Å²) < 4.78 is 11.3. The van der Waals surface area contributed by atoms with Gasteiger partial charge in [-0.25, -0.2) is 9.97 Å². The lowest BCUT2D eigenvalue weighted by molar-refractivity contribution is -0.111. The smallest absolute Gasteiger partial charge is 0.247 e. The summed E-state index contributed by atoms with van der Waals surface area (Å²) in [7, 11) is 0. The Morgan fingerprint density at radius 1 is 1.38 bits per heavy atom. The molecule has 2 aromatic rings. The Balaban J connectivity index is 1.71. The fraction of sp³-hybridized carbons (Fsp3) is 0.389. The molecule has 0 unspecified atom stereocenters. The van der Waals surface area contributed by atoms with Crippen molar-refractivity contribution in [1.29, 1.82) is 0 Å². The van der Waals surface area contributed by atoms with Crippen molar-refractivity contribution in [2.24, 2.45) is 0 Å². The van der Waals surface area contributed by atoms with E-state index in [4.69, 9.17) is 15.2 Å². The number of hydrogen-bond donors (Lipinski definition) is 2. The minimum atomic E-state index is -0.321. The van der Waals surface area contributed by atoms with Crippen molar-refractivity contribution in [1.82, 2.24) is 14.9 Å². The molecule has 1 aromatic carbocycles. The monoisotopic (exact) mass is 357 g/mol. The third-order valence-electron chi connectivity index (χ3n) is 4.19. The lowest BCUT2D eigenvalue weighted by Crippen LogP contribution is -2.37. The van der Waals surface area contributed by atoms with E-state index >= 15 is 0 Å². The number of nitrogen functional groups attached to an aromatic ring is 1. The zero-order chi connectivity index (χ0) is 18.4. The lowest BCUT2D eigenvalue weighted by Gasteiger charge is -2.26. The molecule has 138 valence electrons. The Kier molecular flexibility index (Phi) is 5.98. The van der Waals surface area contributed by atoms with Crippen molar-refractivity contribution in [3.05, 3.63) is 31.1 Å². The molecule has 1 fully saturated rings. The van der Waals surface area contributed by atoms with Gasteiger partial charge in [-0.05, 0) is 18.6 Å². The number of hydrogen-bond acceptors (Lipinski definition) is 7. The molecule has 0 spiro atoms. The number of fused-ring (bicyclic) bond motifs is 1. The van der Waals surface area contributed by atoms with Crippen LogP contribution in [0.4, 0.5) is 11.5 Å². The van der Waals surface area contributed by atoms with Crippen molar-refractivity contribution in [3.8, 4) is 5.75 Å². The third-order valence-corrected chi connectivity index (χ3v) is 4.19. The van der Waals surface area contributed by atoms with Gasteiger partial charge in [-0.15, -0.1) is 0 Å². The standard InChI is InChI=1S/C18H23N5O3/c1-2-17(24)22-15-10-13-14(20-12-21-18(13)19)11-16(15)26-7-3-4-23-5-8-25-9-6-23/h2,10-12H,1,3-9H2,(H,22,24)(H2,19,20,21). The molecule has 8 nitrogen and oxygen atoms in total. The largest absolute Gasteiger partial charge is 0.491 e. The van der Waals surface area contributed by atoms with Gasteiger partial charge in [-0.1, -0.05) is 6.58 Å². The van der Waals surface area contributed by atoms with Gasteiger partial charge in [0.2, 0.25) is 5.91 Å². The highest BCUT2D eigenvalue weighted by molar-refractivity contribution is 6.02. The molecule has 1 amide bonds. The Morgan fingerprint density at radius 3 is 2.96 bits per heavy atom. The molecular weight excluding hydrogens is 334 g/mol. The van der Waals surface area contributed by atoms with Gasteiger partial charge < -0.3 is 20.5 Å². The molecule has 3 N–H and O–H groups in total. The average molecular weight is 357 g/mol. The molecule has 3 rings (SSSR count). The second-order valence-electron chi connectivity index (χ2n) is 5.97. The van der Waals surface area contributed by atoms with Gasteiger partial charge in [-0.3, -0.25) is 9.69 Å². The fourth-order valence-corrected chi connectivity index (χ4v) is 2.80.